The van der Waals surface area contributed by atoms with Gasteiger partial charge in [-0.3, -0.25) is 19.0 Å². The van der Waals surface area contributed by atoms with E-state index in [-0.39, 0.29) is 36.7 Å². The number of hydrogen-bond donors (Lipinski definition) is 1. The van der Waals surface area contributed by atoms with Crippen molar-refractivity contribution in [3.05, 3.63) is 62.7 Å². The molecule has 0 bridgehead atoms. The number of nitrogens with one attached hydrogen (secondary N) is 1. The second-order valence-corrected chi connectivity index (χ2v) is 10.1. The number of nitrogens with zero attached hydrogens (tertiary/aromatic N) is 5. The normalized spacial score (nSPS) is 14.5. The molecule has 1 N–H and O–H groups in total. The van der Waals surface area contributed by atoms with Crippen molar-refractivity contribution in [1.82, 2.24) is 29.3 Å². The lowest BCUT2D eigenvalue weighted by atomic mass is 9.99. The van der Waals surface area contributed by atoms with Gasteiger partial charge in [-0.2, -0.15) is 4.98 Å². The van der Waals surface area contributed by atoms with Crippen molar-refractivity contribution < 1.29 is 18.7 Å². The Morgan fingerprint density at radius 2 is 1.89 bits per heavy atom. The number of carbonyl (C=O) groups is 2. The van der Waals surface area contributed by atoms with Gasteiger partial charge in [-0.15, -0.1) is 0 Å². The highest BCUT2D eigenvalue weighted by Gasteiger charge is 2.41. The Morgan fingerprint density at radius 1 is 1.21 bits per heavy atom. The van der Waals surface area contributed by atoms with Crippen LogP contribution in [0.15, 0.2) is 35.1 Å². The number of alkyl halides is 1. The molecule has 0 spiro atoms. The zero-order chi connectivity index (χ0) is 27.4. The number of hydrogen-bond acceptors (Lipinski definition) is 6. The van der Waals surface area contributed by atoms with Crippen LogP contribution in [0.2, 0.25) is 5.02 Å². The molecule has 2 amide bonds. The van der Waals surface area contributed by atoms with E-state index in [0.717, 1.165) is 10.1 Å². The number of pyridine rings is 2. The van der Waals surface area contributed by atoms with E-state index < -0.39 is 29.6 Å². The number of carbonyl (C=O) groups excluding carboxylic acids is 2. The molecule has 1 fully saturated rings. The quantitative estimate of drug-likeness (QED) is 0.402. The van der Waals surface area contributed by atoms with Crippen LogP contribution in [-0.4, -0.2) is 61.7 Å². The smallest absolute Gasteiger partial charge is 0.265 e. The molecule has 198 valence electrons. The van der Waals surface area contributed by atoms with Crippen molar-refractivity contribution in [3.8, 4) is 5.88 Å². The average molecular weight is 541 g/mol. The summed E-state index contributed by atoms with van der Waals surface area (Å²) in [4.78, 5) is 50.3. The van der Waals surface area contributed by atoms with E-state index in [1.165, 1.54) is 25.0 Å². The van der Waals surface area contributed by atoms with Crippen LogP contribution in [0.4, 0.5) is 4.39 Å². The van der Waals surface area contributed by atoms with E-state index in [1.54, 1.807) is 35.9 Å². The molecule has 0 unspecified atom stereocenters. The first-order valence-electron chi connectivity index (χ1n) is 11.9. The maximum atomic E-state index is 14.1. The number of aryl methyl sites for hydroxylation is 2. The molecule has 1 aromatic carbocycles. The zero-order valence-corrected chi connectivity index (χ0v) is 22.1. The van der Waals surface area contributed by atoms with Crippen LogP contribution < -0.4 is 15.6 Å². The van der Waals surface area contributed by atoms with E-state index in [4.69, 9.17) is 16.3 Å². The topological polar surface area (TPSA) is 111 Å². The minimum absolute atomic E-state index is 0.0678. The van der Waals surface area contributed by atoms with Gasteiger partial charge in [0.2, 0.25) is 11.8 Å². The summed E-state index contributed by atoms with van der Waals surface area (Å²) in [5, 5.41) is 3.78. The number of fused-ring (bicyclic) bond motifs is 3. The van der Waals surface area contributed by atoms with E-state index in [0.29, 0.717) is 27.3 Å². The fraction of sp³-hybridized carbons (Fsp3) is 0.346. The average Bonchev–Trinajstić information content (AvgIpc) is 3.17. The lowest BCUT2D eigenvalue weighted by Gasteiger charge is -2.42. The summed E-state index contributed by atoms with van der Waals surface area (Å²) in [6, 6.07) is 8.41. The van der Waals surface area contributed by atoms with E-state index in [9.17, 15) is 18.8 Å². The standard InChI is InChI=1S/C26H26ClFN6O4/c1-14-30-20-21(32(14)3)17-9-18(23(36)29-10-15-5-7-16(27)8-6-15)25(37)34(22(17)31-24(20)38-4)11-19(35)33-12-26(2,28)13-33/h5-9H,10-13H2,1-4H3,(H,29,36). The van der Waals surface area contributed by atoms with Gasteiger partial charge in [0.25, 0.3) is 11.5 Å². The van der Waals surface area contributed by atoms with Gasteiger partial charge in [0.1, 0.15) is 29.2 Å². The lowest BCUT2D eigenvalue weighted by molar-refractivity contribution is -0.144. The first-order valence-corrected chi connectivity index (χ1v) is 12.3. The summed E-state index contributed by atoms with van der Waals surface area (Å²) in [5.41, 5.74) is -0.319. The minimum Gasteiger partial charge on any atom is -0.479 e. The molecule has 4 aromatic rings. The van der Waals surface area contributed by atoms with Crippen LogP contribution in [0.3, 0.4) is 0 Å². The number of likely N-dealkylation sites (tertiary alicyclic amines) is 1. The first-order chi connectivity index (χ1) is 18.0. The van der Waals surface area contributed by atoms with E-state index in [2.05, 4.69) is 15.3 Å². The second-order valence-electron chi connectivity index (χ2n) is 9.70. The Kier molecular flexibility index (Phi) is 6.34. The monoisotopic (exact) mass is 540 g/mol. The number of imidazole rings is 1. The molecule has 1 aliphatic rings. The van der Waals surface area contributed by atoms with Gasteiger partial charge in [-0.1, -0.05) is 23.7 Å². The number of ether oxygens (including phenoxy) is 1. The van der Waals surface area contributed by atoms with Crippen LogP contribution in [0.1, 0.15) is 28.7 Å². The molecule has 1 saturated heterocycles. The Balaban J connectivity index is 1.63. The summed E-state index contributed by atoms with van der Waals surface area (Å²) in [5.74, 6) is -0.226. The van der Waals surface area contributed by atoms with Crippen LogP contribution in [0, 0.1) is 6.92 Å². The fourth-order valence-corrected chi connectivity index (χ4v) is 4.79. The Bertz CT molecular complexity index is 1650. The van der Waals surface area contributed by atoms with Gasteiger partial charge in [-0.25, -0.2) is 9.37 Å². The van der Waals surface area contributed by atoms with Crippen molar-refractivity contribution in [2.75, 3.05) is 20.2 Å². The highest BCUT2D eigenvalue weighted by molar-refractivity contribution is 6.30. The maximum Gasteiger partial charge on any atom is 0.265 e. The molecule has 10 nitrogen and oxygen atoms in total. The molecule has 0 radical (unpaired) electrons. The van der Waals surface area contributed by atoms with Crippen molar-refractivity contribution in [2.24, 2.45) is 7.05 Å². The predicted octanol–water partition coefficient (Wildman–Crippen LogP) is 2.75. The van der Waals surface area contributed by atoms with Crippen molar-refractivity contribution in [1.29, 1.82) is 0 Å². The maximum absolute atomic E-state index is 14.1. The summed E-state index contributed by atoms with van der Waals surface area (Å²) < 4.78 is 22.5. The molecule has 5 rings (SSSR count). The van der Waals surface area contributed by atoms with E-state index >= 15 is 0 Å². The third-order valence-electron chi connectivity index (χ3n) is 6.74. The minimum atomic E-state index is -1.47. The molecule has 12 heteroatoms. The Hall–Kier alpha value is -3.99. The fourth-order valence-electron chi connectivity index (χ4n) is 4.66. The highest BCUT2D eigenvalue weighted by atomic mass is 35.5. The van der Waals surface area contributed by atoms with Gasteiger partial charge in [0.05, 0.1) is 25.7 Å². The van der Waals surface area contributed by atoms with Crippen molar-refractivity contribution in [2.45, 2.75) is 32.6 Å². The Morgan fingerprint density at radius 3 is 2.53 bits per heavy atom. The molecule has 0 saturated carbocycles. The first kappa shape index (κ1) is 25.7. The summed E-state index contributed by atoms with van der Waals surface area (Å²) >= 11 is 5.94. The SMILES string of the molecule is COc1nc2c(cc(C(=O)NCc3ccc(Cl)cc3)c(=O)n2CC(=O)N2CC(C)(F)C2)c2c1nc(C)n2C. The van der Waals surface area contributed by atoms with Crippen molar-refractivity contribution >= 4 is 45.5 Å². The van der Waals surface area contributed by atoms with Crippen molar-refractivity contribution in [3.63, 3.8) is 0 Å². The zero-order valence-electron chi connectivity index (χ0n) is 21.3. The third kappa shape index (κ3) is 4.47. The second kappa shape index (κ2) is 9.39. The summed E-state index contributed by atoms with van der Waals surface area (Å²) in [6.07, 6.45) is 0. The largest absolute Gasteiger partial charge is 0.479 e. The van der Waals surface area contributed by atoms with Gasteiger partial charge < -0.3 is 19.5 Å². The number of benzene rings is 1. The number of halogens is 2. The number of aromatic nitrogens is 4. The molecule has 1 aliphatic heterocycles. The molecular formula is C26H26ClFN6O4. The molecule has 3 aromatic heterocycles. The van der Waals surface area contributed by atoms with Gasteiger partial charge in [0, 0.05) is 24.0 Å². The predicted molar refractivity (Wildman–Crippen MR) is 140 cm³/mol. The van der Waals surface area contributed by atoms with Crippen LogP contribution in [0.25, 0.3) is 22.1 Å². The lowest BCUT2D eigenvalue weighted by Crippen LogP contribution is -2.60. The van der Waals surface area contributed by atoms with Crippen LogP contribution in [0.5, 0.6) is 5.88 Å². The molecule has 0 aliphatic carbocycles. The summed E-state index contributed by atoms with van der Waals surface area (Å²) in [6.45, 7) is 2.84. The summed E-state index contributed by atoms with van der Waals surface area (Å²) in [7, 11) is 3.23. The molecule has 38 heavy (non-hydrogen) atoms. The van der Waals surface area contributed by atoms with Gasteiger partial charge in [0.15, 0.2) is 5.52 Å². The molecule has 4 heterocycles. The number of methoxy groups -OCH3 is 1. The molecular weight excluding hydrogens is 515 g/mol. The Labute approximate surface area is 222 Å². The number of rotatable bonds is 6. The third-order valence-corrected chi connectivity index (χ3v) is 6.99. The van der Waals surface area contributed by atoms with E-state index in [1.807, 2.05) is 6.92 Å². The van der Waals surface area contributed by atoms with Gasteiger partial charge >= 0.3 is 0 Å². The van der Waals surface area contributed by atoms with Gasteiger partial charge in [-0.05, 0) is 37.6 Å². The highest BCUT2D eigenvalue weighted by Crippen LogP contribution is 2.31. The molecule has 0 atom stereocenters. The van der Waals surface area contributed by atoms with Crippen LogP contribution >= 0.6 is 11.6 Å². The number of amides is 2. The van der Waals surface area contributed by atoms with Crippen LogP contribution in [-0.2, 0) is 24.9 Å².